The van der Waals surface area contributed by atoms with Gasteiger partial charge in [0.25, 0.3) is 0 Å². The topological polar surface area (TPSA) is 40.6 Å². The van der Waals surface area contributed by atoms with Crippen LogP contribution >= 0.6 is 22.9 Å². The molecular weight excluding hydrogens is 352 g/mol. The minimum absolute atomic E-state index is 0.0599. The molecule has 3 rings (SSSR count). The van der Waals surface area contributed by atoms with Crippen molar-refractivity contribution in [3.05, 3.63) is 28.1 Å². The van der Waals surface area contributed by atoms with Crippen molar-refractivity contribution in [3.8, 4) is 0 Å². The van der Waals surface area contributed by atoms with Crippen LogP contribution in [0.1, 0.15) is 17.7 Å². The highest BCUT2D eigenvalue weighted by Crippen LogP contribution is 2.37. The summed E-state index contributed by atoms with van der Waals surface area (Å²) in [6, 6.07) is 5.51. The van der Waals surface area contributed by atoms with E-state index in [1.54, 1.807) is 23.5 Å². The second-order valence-corrected chi connectivity index (χ2v) is 9.81. The smallest absolute Gasteiger partial charge is 0.244 e. The molecule has 0 amide bonds. The van der Waals surface area contributed by atoms with Gasteiger partial charge in [0.1, 0.15) is 4.90 Å². The molecule has 7 heteroatoms. The molecule has 2 aromatic rings. The fraction of sp³-hybridized carbons (Fsp3) is 0.500. The molecule has 2 heterocycles. The van der Waals surface area contributed by atoms with Crippen molar-refractivity contribution in [2.75, 3.05) is 27.2 Å². The van der Waals surface area contributed by atoms with Crippen LogP contribution in [0.25, 0.3) is 10.1 Å². The van der Waals surface area contributed by atoms with Gasteiger partial charge in [-0.3, -0.25) is 0 Å². The predicted octanol–water partition coefficient (Wildman–Crippen LogP) is 3.58. The predicted molar refractivity (Wildman–Crippen MR) is 97.0 cm³/mol. The largest absolute Gasteiger partial charge is 0.306 e. The maximum absolute atomic E-state index is 13.2. The Hall–Kier alpha value is -0.660. The number of fused-ring (bicyclic) bond motifs is 1. The first-order valence-electron chi connectivity index (χ1n) is 7.66. The van der Waals surface area contributed by atoms with E-state index in [0.29, 0.717) is 9.92 Å². The maximum atomic E-state index is 13.2. The molecule has 1 aliphatic heterocycles. The van der Waals surface area contributed by atoms with Crippen molar-refractivity contribution in [2.24, 2.45) is 0 Å². The second kappa shape index (κ2) is 6.33. The van der Waals surface area contributed by atoms with Crippen LogP contribution in [0.15, 0.2) is 23.1 Å². The molecule has 1 aromatic heterocycles. The number of piperidine rings is 1. The van der Waals surface area contributed by atoms with Crippen molar-refractivity contribution in [1.82, 2.24) is 9.21 Å². The molecule has 0 aliphatic carbocycles. The Labute approximate surface area is 146 Å². The minimum atomic E-state index is -3.52. The van der Waals surface area contributed by atoms with E-state index in [1.165, 1.54) is 11.3 Å². The Balaban J connectivity index is 2.02. The molecule has 1 aromatic carbocycles. The third-order valence-corrected chi connectivity index (χ3v) is 8.16. The lowest BCUT2D eigenvalue weighted by Gasteiger charge is -2.34. The van der Waals surface area contributed by atoms with Gasteiger partial charge in [0.05, 0.1) is 0 Å². The quantitative estimate of drug-likeness (QED) is 0.826. The highest BCUT2D eigenvalue weighted by atomic mass is 35.5. The molecular formula is C16H21ClN2O2S2. The molecule has 4 nitrogen and oxygen atoms in total. The van der Waals surface area contributed by atoms with Gasteiger partial charge in [-0.05, 0) is 58.1 Å². The van der Waals surface area contributed by atoms with Crippen molar-refractivity contribution < 1.29 is 8.42 Å². The second-order valence-electron chi connectivity index (χ2n) is 6.18. The zero-order chi connectivity index (χ0) is 16.8. The van der Waals surface area contributed by atoms with Crippen LogP contribution in [0, 0.1) is 6.92 Å². The lowest BCUT2D eigenvalue weighted by molar-refractivity contribution is 0.197. The van der Waals surface area contributed by atoms with Crippen LogP contribution in [0.4, 0.5) is 0 Å². The summed E-state index contributed by atoms with van der Waals surface area (Å²) in [5.74, 6) is 0. The van der Waals surface area contributed by atoms with Crippen LogP contribution < -0.4 is 0 Å². The number of hydrogen-bond acceptors (Lipinski definition) is 4. The first-order valence-corrected chi connectivity index (χ1v) is 10.3. The fourth-order valence-corrected chi connectivity index (χ4v) is 6.51. The van der Waals surface area contributed by atoms with Gasteiger partial charge in [0.2, 0.25) is 10.0 Å². The number of nitrogens with zero attached hydrogens (tertiary/aromatic N) is 2. The summed E-state index contributed by atoms with van der Waals surface area (Å²) < 4.78 is 28.9. The number of benzene rings is 1. The summed E-state index contributed by atoms with van der Waals surface area (Å²) in [6.07, 6.45) is 1.74. The molecule has 0 unspecified atom stereocenters. The van der Waals surface area contributed by atoms with E-state index in [-0.39, 0.29) is 6.04 Å². The third-order valence-electron chi connectivity index (χ3n) is 4.61. The SMILES string of the molecule is Cc1sc2ccc(Cl)cc2c1S(=O)(=O)N(C)C1CCN(C)CC1. The Bertz CT molecular complexity index is 824. The summed E-state index contributed by atoms with van der Waals surface area (Å²) >= 11 is 7.59. The number of thiophene rings is 1. The van der Waals surface area contributed by atoms with Gasteiger partial charge in [-0.25, -0.2) is 8.42 Å². The first-order chi connectivity index (χ1) is 10.8. The van der Waals surface area contributed by atoms with Gasteiger partial charge in [-0.15, -0.1) is 11.3 Å². The van der Waals surface area contributed by atoms with E-state index >= 15 is 0 Å². The van der Waals surface area contributed by atoms with Crippen molar-refractivity contribution in [3.63, 3.8) is 0 Å². The summed E-state index contributed by atoms with van der Waals surface area (Å²) in [5.41, 5.74) is 0. The zero-order valence-corrected chi connectivity index (χ0v) is 15.9. The normalized spacial score (nSPS) is 18.1. The summed E-state index contributed by atoms with van der Waals surface area (Å²) in [5, 5.41) is 1.30. The number of likely N-dealkylation sites (tertiary alicyclic amines) is 1. The lowest BCUT2D eigenvalue weighted by atomic mass is 10.1. The highest BCUT2D eigenvalue weighted by molar-refractivity contribution is 7.89. The maximum Gasteiger partial charge on any atom is 0.244 e. The van der Waals surface area contributed by atoms with Gasteiger partial charge in [-0.2, -0.15) is 4.31 Å². The Morgan fingerprint density at radius 3 is 2.61 bits per heavy atom. The Morgan fingerprint density at radius 1 is 1.30 bits per heavy atom. The zero-order valence-electron chi connectivity index (χ0n) is 13.5. The van der Waals surface area contributed by atoms with E-state index in [1.807, 2.05) is 13.0 Å². The molecule has 1 fully saturated rings. The van der Waals surface area contributed by atoms with Crippen LogP contribution in [-0.4, -0.2) is 50.8 Å². The van der Waals surface area contributed by atoms with Gasteiger partial charge >= 0.3 is 0 Å². The molecule has 0 N–H and O–H groups in total. The number of sulfonamides is 1. The molecule has 1 saturated heterocycles. The average molecular weight is 373 g/mol. The molecule has 0 bridgehead atoms. The number of hydrogen-bond donors (Lipinski definition) is 0. The van der Waals surface area contributed by atoms with Gasteiger partial charge in [0.15, 0.2) is 0 Å². The van der Waals surface area contributed by atoms with Crippen LogP contribution in [0.2, 0.25) is 5.02 Å². The van der Waals surface area contributed by atoms with Gasteiger partial charge < -0.3 is 4.90 Å². The van der Waals surface area contributed by atoms with Crippen LogP contribution in [0.5, 0.6) is 0 Å². The molecule has 1 aliphatic rings. The van der Waals surface area contributed by atoms with E-state index in [4.69, 9.17) is 11.6 Å². The highest BCUT2D eigenvalue weighted by Gasteiger charge is 2.33. The van der Waals surface area contributed by atoms with E-state index in [2.05, 4.69) is 11.9 Å². The molecule has 0 atom stereocenters. The molecule has 23 heavy (non-hydrogen) atoms. The standard InChI is InChI=1S/C16H21ClN2O2S2/c1-11-16(14-10-12(17)4-5-15(14)22-11)23(20,21)19(3)13-6-8-18(2)9-7-13/h4-5,10,13H,6-9H2,1-3H3. The van der Waals surface area contributed by atoms with E-state index in [9.17, 15) is 8.42 Å². The summed E-state index contributed by atoms with van der Waals surface area (Å²) in [7, 11) is 0.260. The molecule has 0 spiro atoms. The van der Waals surface area contributed by atoms with Gasteiger partial charge in [-0.1, -0.05) is 11.6 Å². The van der Waals surface area contributed by atoms with Crippen molar-refractivity contribution in [1.29, 1.82) is 0 Å². The van der Waals surface area contributed by atoms with E-state index < -0.39 is 10.0 Å². The number of aryl methyl sites for hydroxylation is 1. The summed E-state index contributed by atoms with van der Waals surface area (Å²) in [6.45, 7) is 3.73. The molecule has 0 radical (unpaired) electrons. The number of halogens is 1. The van der Waals surface area contributed by atoms with E-state index in [0.717, 1.165) is 40.9 Å². The first kappa shape index (κ1) is 17.2. The van der Waals surface area contributed by atoms with Crippen LogP contribution in [-0.2, 0) is 10.0 Å². The Morgan fingerprint density at radius 2 is 1.96 bits per heavy atom. The average Bonchev–Trinajstić information content (AvgIpc) is 2.83. The molecule has 126 valence electrons. The monoisotopic (exact) mass is 372 g/mol. The Kier molecular flexibility index (Phi) is 4.73. The lowest BCUT2D eigenvalue weighted by Crippen LogP contribution is -2.44. The molecule has 0 saturated carbocycles. The fourth-order valence-electron chi connectivity index (χ4n) is 3.19. The van der Waals surface area contributed by atoms with Gasteiger partial charge in [0, 0.05) is 33.1 Å². The third kappa shape index (κ3) is 3.15. The number of rotatable bonds is 3. The van der Waals surface area contributed by atoms with Crippen molar-refractivity contribution >= 4 is 43.0 Å². The van der Waals surface area contributed by atoms with Crippen LogP contribution in [0.3, 0.4) is 0 Å². The minimum Gasteiger partial charge on any atom is -0.306 e. The summed E-state index contributed by atoms with van der Waals surface area (Å²) in [4.78, 5) is 3.48. The van der Waals surface area contributed by atoms with Crippen molar-refractivity contribution in [2.45, 2.75) is 30.7 Å².